The fourth-order valence-electron chi connectivity index (χ4n) is 2.15. The van der Waals surface area contributed by atoms with Crippen LogP contribution in [-0.4, -0.2) is 23.4 Å². The van der Waals surface area contributed by atoms with Gasteiger partial charge in [0.05, 0.1) is 11.7 Å². The summed E-state index contributed by atoms with van der Waals surface area (Å²) >= 11 is 0. The molecule has 0 saturated heterocycles. The summed E-state index contributed by atoms with van der Waals surface area (Å²) in [4.78, 5) is 0. The largest absolute Gasteiger partial charge is 0.390 e. The van der Waals surface area contributed by atoms with Crippen LogP contribution in [0.3, 0.4) is 0 Å². The van der Waals surface area contributed by atoms with Crippen LogP contribution in [0.4, 0.5) is 0 Å². The van der Waals surface area contributed by atoms with Gasteiger partial charge >= 0.3 is 0 Å². The first kappa shape index (κ1) is 14.9. The van der Waals surface area contributed by atoms with Crippen LogP contribution in [0.15, 0.2) is 0 Å². The molecule has 0 aromatic carbocycles. The average molecular weight is 216 g/mol. The number of hydrogen-bond donors (Lipinski definition) is 1. The van der Waals surface area contributed by atoms with E-state index in [0.29, 0.717) is 0 Å². The third-order valence-corrected chi connectivity index (χ3v) is 3.01. The zero-order chi connectivity index (χ0) is 11.9. The lowest BCUT2D eigenvalue weighted by atomic mass is 9.81. The van der Waals surface area contributed by atoms with E-state index in [1.54, 1.807) is 0 Å². The molecule has 1 N–H and O–H groups in total. The van der Waals surface area contributed by atoms with Gasteiger partial charge in [0, 0.05) is 12.5 Å². The molecule has 0 aromatic rings. The molecule has 0 rings (SSSR count). The highest BCUT2D eigenvalue weighted by atomic mass is 16.5. The van der Waals surface area contributed by atoms with Gasteiger partial charge in [-0.1, -0.05) is 26.7 Å². The second-order valence-electron chi connectivity index (χ2n) is 4.80. The Bertz CT molecular complexity index is 149. The molecule has 0 aromatic heterocycles. The molecule has 0 radical (unpaired) electrons. The Morgan fingerprint density at radius 2 is 1.80 bits per heavy atom. The normalized spacial score (nSPS) is 16.4. The molecule has 0 saturated carbocycles. The summed E-state index contributed by atoms with van der Waals surface area (Å²) in [5.74, 6) is 0.252. The maximum Gasteiger partial charge on any atom is 0.0644 e. The lowest BCUT2D eigenvalue weighted by Gasteiger charge is -2.35. The van der Waals surface area contributed by atoms with Crippen LogP contribution in [0, 0.1) is 5.92 Å². The first-order valence-corrected chi connectivity index (χ1v) is 6.31. The van der Waals surface area contributed by atoms with E-state index in [-0.39, 0.29) is 12.0 Å². The zero-order valence-electron chi connectivity index (χ0n) is 11.0. The standard InChI is InChI=1S/C13H28O2/c1-6-9-10-11(13(4,5)14)12(7-2)15-8-3/h11-12,14H,6-10H2,1-5H3. The highest BCUT2D eigenvalue weighted by molar-refractivity contribution is 4.83. The maximum atomic E-state index is 10.2. The third-order valence-electron chi connectivity index (χ3n) is 3.01. The second-order valence-corrected chi connectivity index (χ2v) is 4.80. The van der Waals surface area contributed by atoms with Crippen molar-refractivity contribution in [2.75, 3.05) is 6.61 Å². The van der Waals surface area contributed by atoms with Crippen LogP contribution in [-0.2, 0) is 4.74 Å². The van der Waals surface area contributed by atoms with Gasteiger partial charge in [-0.3, -0.25) is 0 Å². The minimum absolute atomic E-state index is 0.196. The van der Waals surface area contributed by atoms with Gasteiger partial charge in [-0.25, -0.2) is 0 Å². The lowest BCUT2D eigenvalue weighted by molar-refractivity contribution is -0.0789. The van der Waals surface area contributed by atoms with E-state index in [2.05, 4.69) is 13.8 Å². The quantitative estimate of drug-likeness (QED) is 0.674. The molecule has 92 valence electrons. The van der Waals surface area contributed by atoms with Gasteiger partial charge in [-0.2, -0.15) is 0 Å². The molecule has 2 unspecified atom stereocenters. The van der Waals surface area contributed by atoms with Gasteiger partial charge in [-0.15, -0.1) is 0 Å². The number of ether oxygens (including phenoxy) is 1. The van der Waals surface area contributed by atoms with Crippen molar-refractivity contribution in [3.05, 3.63) is 0 Å². The molecule has 0 spiro atoms. The van der Waals surface area contributed by atoms with E-state index in [9.17, 15) is 5.11 Å². The molecule has 0 aliphatic carbocycles. The first-order valence-electron chi connectivity index (χ1n) is 6.31. The Morgan fingerprint density at radius 1 is 1.20 bits per heavy atom. The highest BCUT2D eigenvalue weighted by Crippen LogP contribution is 2.29. The summed E-state index contributed by atoms with van der Waals surface area (Å²) in [6, 6.07) is 0. The number of hydrogen-bond acceptors (Lipinski definition) is 2. The van der Waals surface area contributed by atoms with E-state index in [1.807, 2.05) is 20.8 Å². The van der Waals surface area contributed by atoms with Gasteiger partial charge in [0.1, 0.15) is 0 Å². The van der Waals surface area contributed by atoms with E-state index >= 15 is 0 Å². The molecular formula is C13H28O2. The summed E-state index contributed by atoms with van der Waals surface area (Å²) in [5.41, 5.74) is -0.634. The Balaban J connectivity index is 4.43. The van der Waals surface area contributed by atoms with Crippen LogP contribution < -0.4 is 0 Å². The first-order chi connectivity index (χ1) is 6.97. The predicted molar refractivity (Wildman–Crippen MR) is 65.0 cm³/mol. The van der Waals surface area contributed by atoms with Crippen molar-refractivity contribution in [2.24, 2.45) is 5.92 Å². The molecular weight excluding hydrogens is 188 g/mol. The molecule has 2 atom stereocenters. The van der Waals surface area contributed by atoms with Crippen molar-refractivity contribution < 1.29 is 9.84 Å². The van der Waals surface area contributed by atoms with Crippen molar-refractivity contribution in [1.29, 1.82) is 0 Å². The van der Waals surface area contributed by atoms with Crippen molar-refractivity contribution >= 4 is 0 Å². The SMILES string of the molecule is CCCCC(C(CC)OCC)C(C)(C)O. The van der Waals surface area contributed by atoms with Crippen molar-refractivity contribution in [2.45, 2.75) is 72.0 Å². The molecule has 2 nitrogen and oxygen atoms in total. The summed E-state index contributed by atoms with van der Waals surface area (Å²) < 4.78 is 5.72. The summed E-state index contributed by atoms with van der Waals surface area (Å²) in [6.45, 7) is 10.9. The summed E-state index contributed by atoms with van der Waals surface area (Å²) in [6.07, 6.45) is 4.57. The topological polar surface area (TPSA) is 29.5 Å². The molecule has 2 heteroatoms. The van der Waals surface area contributed by atoms with Crippen LogP contribution in [0.25, 0.3) is 0 Å². The van der Waals surface area contributed by atoms with Crippen LogP contribution in [0.2, 0.25) is 0 Å². The minimum Gasteiger partial charge on any atom is -0.390 e. The smallest absolute Gasteiger partial charge is 0.0644 e. The fraction of sp³-hybridized carbons (Fsp3) is 1.00. The van der Waals surface area contributed by atoms with Crippen LogP contribution in [0.5, 0.6) is 0 Å². The van der Waals surface area contributed by atoms with E-state index < -0.39 is 5.60 Å². The van der Waals surface area contributed by atoms with E-state index in [0.717, 1.165) is 25.9 Å². The Hall–Kier alpha value is -0.0800. The predicted octanol–water partition coefficient (Wildman–Crippen LogP) is 3.38. The monoisotopic (exact) mass is 216 g/mol. The van der Waals surface area contributed by atoms with Gasteiger partial charge < -0.3 is 9.84 Å². The molecule has 0 aliphatic rings. The number of unbranched alkanes of at least 4 members (excludes halogenated alkanes) is 1. The third kappa shape index (κ3) is 5.53. The van der Waals surface area contributed by atoms with Crippen molar-refractivity contribution in [3.63, 3.8) is 0 Å². The number of rotatable bonds is 8. The average Bonchev–Trinajstić information content (AvgIpc) is 2.14. The molecule has 0 fully saturated rings. The molecule has 0 amide bonds. The minimum atomic E-state index is -0.634. The van der Waals surface area contributed by atoms with Crippen molar-refractivity contribution in [1.82, 2.24) is 0 Å². The van der Waals surface area contributed by atoms with Gasteiger partial charge in [-0.05, 0) is 33.6 Å². The number of aliphatic hydroxyl groups is 1. The lowest BCUT2D eigenvalue weighted by Crippen LogP contribution is -2.40. The van der Waals surface area contributed by atoms with Gasteiger partial charge in [0.2, 0.25) is 0 Å². The summed E-state index contributed by atoms with van der Waals surface area (Å²) in [5, 5.41) is 10.2. The molecule has 0 bridgehead atoms. The Kier molecular flexibility index (Phi) is 7.20. The Morgan fingerprint density at radius 3 is 2.13 bits per heavy atom. The Labute approximate surface area is 95.0 Å². The molecule has 15 heavy (non-hydrogen) atoms. The highest BCUT2D eigenvalue weighted by Gasteiger charge is 2.32. The zero-order valence-corrected chi connectivity index (χ0v) is 11.0. The van der Waals surface area contributed by atoms with Crippen molar-refractivity contribution in [3.8, 4) is 0 Å². The van der Waals surface area contributed by atoms with Crippen LogP contribution in [0.1, 0.15) is 60.3 Å². The van der Waals surface area contributed by atoms with Gasteiger partial charge in [0.25, 0.3) is 0 Å². The fourth-order valence-corrected chi connectivity index (χ4v) is 2.15. The van der Waals surface area contributed by atoms with E-state index in [4.69, 9.17) is 4.74 Å². The molecule has 0 aliphatic heterocycles. The van der Waals surface area contributed by atoms with E-state index in [1.165, 1.54) is 6.42 Å². The second kappa shape index (κ2) is 7.24. The maximum absolute atomic E-state index is 10.2. The molecule has 0 heterocycles. The van der Waals surface area contributed by atoms with Gasteiger partial charge in [0.15, 0.2) is 0 Å². The van der Waals surface area contributed by atoms with Crippen LogP contribution >= 0.6 is 0 Å². The summed E-state index contributed by atoms with van der Waals surface area (Å²) in [7, 11) is 0.